The Labute approximate surface area is 400 Å². The molecule has 0 fully saturated rings. The van der Waals surface area contributed by atoms with E-state index in [1.165, 1.54) is 347 Å². The van der Waals surface area contributed by atoms with Crippen LogP contribution in [0.5, 0.6) is 0 Å². The standard InChI is InChI=1S/C61H122O2/c1-3-5-7-9-11-13-15-17-19-21-23-25-27-29-30-31-32-33-34-35-36-37-39-41-43-45-47-49-51-53-55-57-59-61(62)63-60-58-56-54-52-50-48-46-44-42-40-38-28-26-24-22-20-18-16-14-12-10-8-6-4-2/h3-60H2,1-2H3. The maximum Gasteiger partial charge on any atom is 0.305 e. The Bertz CT molecular complexity index is 792. The zero-order valence-corrected chi connectivity index (χ0v) is 44.3. The van der Waals surface area contributed by atoms with Crippen LogP contribution < -0.4 is 0 Å². The molecule has 378 valence electrons. The topological polar surface area (TPSA) is 26.3 Å². The number of esters is 1. The van der Waals surface area contributed by atoms with Crippen LogP contribution >= 0.6 is 0 Å². The molecule has 0 aromatic heterocycles. The molecular weight excluding hydrogens is 765 g/mol. The van der Waals surface area contributed by atoms with Crippen molar-refractivity contribution in [2.75, 3.05) is 6.61 Å². The van der Waals surface area contributed by atoms with Gasteiger partial charge in [-0.05, 0) is 12.8 Å². The van der Waals surface area contributed by atoms with Crippen molar-refractivity contribution in [1.82, 2.24) is 0 Å². The van der Waals surface area contributed by atoms with Crippen molar-refractivity contribution in [1.29, 1.82) is 0 Å². The molecule has 0 saturated carbocycles. The van der Waals surface area contributed by atoms with Gasteiger partial charge in [-0.25, -0.2) is 0 Å². The first-order chi connectivity index (χ1) is 31.3. The Kier molecular flexibility index (Phi) is 59.0. The molecule has 0 heterocycles. The van der Waals surface area contributed by atoms with Crippen molar-refractivity contribution >= 4 is 5.97 Å². The predicted octanol–water partition coefficient (Wildman–Crippen LogP) is 22.8. The molecule has 0 aliphatic heterocycles. The SMILES string of the molecule is CCCCCCCCCCCCCCCCCCCCCCCCCCCCCCCCCCC(=O)OCCCCCCCCCCCCCCCCCCCCCCCCCC. The third-order valence-corrected chi connectivity index (χ3v) is 14.5. The molecule has 2 heteroatoms. The van der Waals surface area contributed by atoms with E-state index in [4.69, 9.17) is 4.74 Å². The number of hydrogen-bond acceptors (Lipinski definition) is 2. The van der Waals surface area contributed by atoms with Crippen molar-refractivity contribution in [3.63, 3.8) is 0 Å². The molecule has 0 spiro atoms. The molecule has 0 aromatic rings. The van der Waals surface area contributed by atoms with E-state index in [0.717, 1.165) is 12.8 Å². The highest BCUT2D eigenvalue weighted by atomic mass is 16.5. The van der Waals surface area contributed by atoms with E-state index in [0.29, 0.717) is 13.0 Å². The number of hydrogen-bond donors (Lipinski definition) is 0. The molecular formula is C61H122O2. The lowest BCUT2D eigenvalue weighted by Crippen LogP contribution is -2.05. The van der Waals surface area contributed by atoms with Crippen LogP contribution in [0.4, 0.5) is 0 Å². The number of unbranched alkanes of at least 4 members (excludes halogenated alkanes) is 54. The van der Waals surface area contributed by atoms with Crippen molar-refractivity contribution < 1.29 is 9.53 Å². The highest BCUT2D eigenvalue weighted by Gasteiger charge is 2.03. The average molecular weight is 888 g/mol. The van der Waals surface area contributed by atoms with E-state index in [1.54, 1.807) is 0 Å². The highest BCUT2D eigenvalue weighted by Crippen LogP contribution is 2.19. The Morgan fingerprint density at radius 1 is 0.206 bits per heavy atom. The summed E-state index contributed by atoms with van der Waals surface area (Å²) < 4.78 is 5.52. The van der Waals surface area contributed by atoms with Gasteiger partial charge in [-0.2, -0.15) is 0 Å². The van der Waals surface area contributed by atoms with E-state index < -0.39 is 0 Å². The molecule has 0 unspecified atom stereocenters. The van der Waals surface area contributed by atoms with Gasteiger partial charge in [-0.1, -0.05) is 361 Å². The number of carbonyl (C=O) groups excluding carboxylic acids is 1. The maximum absolute atomic E-state index is 12.1. The molecule has 0 N–H and O–H groups in total. The van der Waals surface area contributed by atoms with Gasteiger partial charge in [-0.3, -0.25) is 4.79 Å². The second-order valence-electron chi connectivity index (χ2n) is 21.1. The number of carbonyl (C=O) groups is 1. The minimum Gasteiger partial charge on any atom is -0.466 e. The van der Waals surface area contributed by atoms with Crippen LogP contribution in [0.25, 0.3) is 0 Å². The normalized spacial score (nSPS) is 11.6. The quantitative estimate of drug-likeness (QED) is 0.0449. The molecule has 63 heavy (non-hydrogen) atoms. The van der Waals surface area contributed by atoms with Crippen LogP contribution in [0.1, 0.15) is 380 Å². The fraction of sp³-hybridized carbons (Fsp3) is 0.984. The van der Waals surface area contributed by atoms with Crippen LogP contribution in [0, 0.1) is 0 Å². The minimum atomic E-state index is 0.0367. The van der Waals surface area contributed by atoms with Gasteiger partial charge in [-0.15, -0.1) is 0 Å². The lowest BCUT2D eigenvalue weighted by molar-refractivity contribution is -0.143. The molecule has 0 aromatic carbocycles. The minimum absolute atomic E-state index is 0.0367. The van der Waals surface area contributed by atoms with E-state index >= 15 is 0 Å². The van der Waals surface area contributed by atoms with Crippen molar-refractivity contribution in [2.24, 2.45) is 0 Å². The fourth-order valence-corrected chi connectivity index (χ4v) is 9.97. The zero-order valence-electron chi connectivity index (χ0n) is 44.3. The van der Waals surface area contributed by atoms with Crippen LogP contribution in [-0.2, 0) is 9.53 Å². The van der Waals surface area contributed by atoms with Crippen LogP contribution in [-0.4, -0.2) is 12.6 Å². The largest absolute Gasteiger partial charge is 0.466 e. The van der Waals surface area contributed by atoms with E-state index in [2.05, 4.69) is 13.8 Å². The Morgan fingerprint density at radius 3 is 0.524 bits per heavy atom. The van der Waals surface area contributed by atoms with Crippen LogP contribution in [0.15, 0.2) is 0 Å². The van der Waals surface area contributed by atoms with Crippen molar-refractivity contribution in [2.45, 2.75) is 380 Å². The molecule has 0 bridgehead atoms. The molecule has 0 rings (SSSR count). The molecule has 0 saturated heterocycles. The van der Waals surface area contributed by atoms with Gasteiger partial charge in [0.2, 0.25) is 0 Å². The third-order valence-electron chi connectivity index (χ3n) is 14.5. The van der Waals surface area contributed by atoms with Crippen LogP contribution in [0.3, 0.4) is 0 Å². The first kappa shape index (κ1) is 62.5. The molecule has 0 aliphatic carbocycles. The van der Waals surface area contributed by atoms with Gasteiger partial charge in [0, 0.05) is 6.42 Å². The summed E-state index contributed by atoms with van der Waals surface area (Å²) in [6, 6.07) is 0. The van der Waals surface area contributed by atoms with Crippen molar-refractivity contribution in [3.05, 3.63) is 0 Å². The summed E-state index contributed by atoms with van der Waals surface area (Å²) >= 11 is 0. The van der Waals surface area contributed by atoms with Gasteiger partial charge in [0.15, 0.2) is 0 Å². The van der Waals surface area contributed by atoms with E-state index in [-0.39, 0.29) is 5.97 Å². The zero-order chi connectivity index (χ0) is 45.3. The molecule has 2 nitrogen and oxygen atoms in total. The second-order valence-corrected chi connectivity index (χ2v) is 21.1. The second kappa shape index (κ2) is 59.5. The third kappa shape index (κ3) is 59.5. The molecule has 0 atom stereocenters. The van der Waals surface area contributed by atoms with Gasteiger partial charge in [0.25, 0.3) is 0 Å². The summed E-state index contributed by atoms with van der Waals surface area (Å²) in [6.45, 7) is 5.25. The van der Waals surface area contributed by atoms with E-state index in [9.17, 15) is 4.79 Å². The maximum atomic E-state index is 12.1. The molecule has 0 radical (unpaired) electrons. The fourth-order valence-electron chi connectivity index (χ4n) is 9.97. The lowest BCUT2D eigenvalue weighted by atomic mass is 10.0. The Hall–Kier alpha value is -0.530. The first-order valence-corrected chi connectivity index (χ1v) is 30.5. The van der Waals surface area contributed by atoms with Crippen LogP contribution in [0.2, 0.25) is 0 Å². The van der Waals surface area contributed by atoms with Crippen molar-refractivity contribution in [3.8, 4) is 0 Å². The average Bonchev–Trinajstić information content (AvgIpc) is 3.29. The predicted molar refractivity (Wildman–Crippen MR) is 285 cm³/mol. The van der Waals surface area contributed by atoms with Gasteiger partial charge in [0.1, 0.15) is 0 Å². The van der Waals surface area contributed by atoms with Gasteiger partial charge >= 0.3 is 5.97 Å². The van der Waals surface area contributed by atoms with Gasteiger partial charge < -0.3 is 4.74 Å². The lowest BCUT2D eigenvalue weighted by Gasteiger charge is -2.06. The summed E-state index contributed by atoms with van der Waals surface area (Å²) in [7, 11) is 0. The summed E-state index contributed by atoms with van der Waals surface area (Å²) in [5, 5.41) is 0. The monoisotopic (exact) mass is 887 g/mol. The summed E-state index contributed by atoms with van der Waals surface area (Å²) in [5.41, 5.74) is 0. The van der Waals surface area contributed by atoms with Gasteiger partial charge in [0.05, 0.1) is 6.61 Å². The molecule has 0 aliphatic rings. The summed E-state index contributed by atoms with van der Waals surface area (Å²) in [5.74, 6) is 0.0367. The Morgan fingerprint density at radius 2 is 0.349 bits per heavy atom. The Balaban J connectivity index is 3.14. The van der Waals surface area contributed by atoms with E-state index in [1.807, 2.05) is 0 Å². The number of rotatable bonds is 58. The molecule has 0 amide bonds. The summed E-state index contributed by atoms with van der Waals surface area (Å²) in [6.07, 6.45) is 80.2. The summed E-state index contributed by atoms with van der Waals surface area (Å²) in [4.78, 5) is 12.1. The smallest absolute Gasteiger partial charge is 0.305 e. The highest BCUT2D eigenvalue weighted by molar-refractivity contribution is 5.69. The number of ether oxygens (including phenoxy) is 1. The first-order valence-electron chi connectivity index (χ1n) is 30.5.